The summed E-state index contributed by atoms with van der Waals surface area (Å²) < 4.78 is 0. The molecule has 1 aromatic carbocycles. The number of nitrogens with one attached hydrogen (secondary N) is 2. The maximum Gasteiger partial charge on any atom is 0.251 e. The van der Waals surface area contributed by atoms with Crippen LogP contribution in [0.15, 0.2) is 24.3 Å². The number of carbonyl (C=O) groups is 2. The van der Waals surface area contributed by atoms with Crippen molar-refractivity contribution >= 4 is 17.5 Å². The SMILES string of the molecule is CCNC(=O)c1ccc(NC(=O)CC(N)CC)cc1. The zero-order chi connectivity index (χ0) is 14.3. The third kappa shape index (κ3) is 5.09. The number of hydrogen-bond acceptors (Lipinski definition) is 3. The second kappa shape index (κ2) is 7.53. The predicted octanol–water partition coefficient (Wildman–Crippen LogP) is 1.50. The van der Waals surface area contributed by atoms with Crippen LogP contribution in [0, 0.1) is 0 Å². The molecule has 19 heavy (non-hydrogen) atoms. The minimum Gasteiger partial charge on any atom is -0.352 e. The van der Waals surface area contributed by atoms with E-state index in [1.54, 1.807) is 24.3 Å². The van der Waals surface area contributed by atoms with E-state index >= 15 is 0 Å². The van der Waals surface area contributed by atoms with E-state index in [-0.39, 0.29) is 17.9 Å². The zero-order valence-corrected chi connectivity index (χ0v) is 11.4. The predicted molar refractivity (Wildman–Crippen MR) is 76.0 cm³/mol. The van der Waals surface area contributed by atoms with Crippen molar-refractivity contribution in [3.05, 3.63) is 29.8 Å². The van der Waals surface area contributed by atoms with Gasteiger partial charge in [-0.15, -0.1) is 0 Å². The fraction of sp³-hybridized carbons (Fsp3) is 0.429. The molecule has 0 aliphatic carbocycles. The Kier molecular flexibility index (Phi) is 6.02. The van der Waals surface area contributed by atoms with Gasteiger partial charge in [-0.3, -0.25) is 9.59 Å². The molecular formula is C14H21N3O2. The number of nitrogens with two attached hydrogens (primary N) is 1. The molecule has 0 radical (unpaired) electrons. The molecule has 5 nitrogen and oxygen atoms in total. The van der Waals surface area contributed by atoms with Gasteiger partial charge in [-0.25, -0.2) is 0 Å². The van der Waals surface area contributed by atoms with Crippen molar-refractivity contribution in [3.8, 4) is 0 Å². The van der Waals surface area contributed by atoms with E-state index in [0.717, 1.165) is 6.42 Å². The molecule has 1 atom stereocenters. The molecule has 0 saturated carbocycles. The highest BCUT2D eigenvalue weighted by molar-refractivity contribution is 5.95. The molecule has 5 heteroatoms. The van der Waals surface area contributed by atoms with Gasteiger partial charge >= 0.3 is 0 Å². The van der Waals surface area contributed by atoms with Crippen LogP contribution in [0.25, 0.3) is 0 Å². The van der Waals surface area contributed by atoms with Crippen LogP contribution in [-0.4, -0.2) is 24.4 Å². The van der Waals surface area contributed by atoms with E-state index in [2.05, 4.69) is 10.6 Å². The summed E-state index contributed by atoms with van der Waals surface area (Å²) >= 11 is 0. The van der Waals surface area contributed by atoms with Crippen LogP contribution >= 0.6 is 0 Å². The Hall–Kier alpha value is -1.88. The van der Waals surface area contributed by atoms with Crippen LogP contribution in [0.5, 0.6) is 0 Å². The maximum absolute atomic E-state index is 11.6. The van der Waals surface area contributed by atoms with Gasteiger partial charge in [0.15, 0.2) is 0 Å². The highest BCUT2D eigenvalue weighted by Gasteiger charge is 2.08. The Morgan fingerprint density at radius 2 is 1.84 bits per heavy atom. The van der Waals surface area contributed by atoms with Crippen molar-refractivity contribution in [3.63, 3.8) is 0 Å². The van der Waals surface area contributed by atoms with Gasteiger partial charge in [-0.1, -0.05) is 6.92 Å². The van der Waals surface area contributed by atoms with E-state index < -0.39 is 0 Å². The van der Waals surface area contributed by atoms with Crippen molar-refractivity contribution in [2.45, 2.75) is 32.7 Å². The number of carbonyl (C=O) groups excluding carboxylic acids is 2. The first-order valence-electron chi connectivity index (χ1n) is 6.50. The molecule has 4 N–H and O–H groups in total. The standard InChI is InChI=1S/C14H21N3O2/c1-3-11(15)9-13(18)17-12-7-5-10(6-8-12)14(19)16-4-2/h5-8,11H,3-4,9,15H2,1-2H3,(H,16,19)(H,17,18). The molecule has 1 aromatic rings. The molecule has 1 unspecified atom stereocenters. The van der Waals surface area contributed by atoms with Gasteiger partial charge in [-0.2, -0.15) is 0 Å². The number of hydrogen-bond donors (Lipinski definition) is 3. The van der Waals surface area contributed by atoms with Gasteiger partial charge in [0, 0.05) is 30.3 Å². The number of rotatable bonds is 6. The van der Waals surface area contributed by atoms with E-state index in [9.17, 15) is 9.59 Å². The summed E-state index contributed by atoms with van der Waals surface area (Å²) in [4.78, 5) is 23.2. The molecule has 0 heterocycles. The van der Waals surface area contributed by atoms with Crippen molar-refractivity contribution in [1.82, 2.24) is 5.32 Å². The van der Waals surface area contributed by atoms with Crippen molar-refractivity contribution < 1.29 is 9.59 Å². The fourth-order valence-electron chi connectivity index (χ4n) is 1.56. The average Bonchev–Trinajstić information content (AvgIpc) is 2.39. The first-order chi connectivity index (χ1) is 9.06. The Morgan fingerprint density at radius 1 is 1.21 bits per heavy atom. The lowest BCUT2D eigenvalue weighted by Gasteiger charge is -2.09. The lowest BCUT2D eigenvalue weighted by molar-refractivity contribution is -0.116. The molecule has 0 spiro atoms. The largest absolute Gasteiger partial charge is 0.352 e. The summed E-state index contributed by atoms with van der Waals surface area (Å²) in [5.74, 6) is -0.228. The molecule has 1 rings (SSSR count). The van der Waals surface area contributed by atoms with Gasteiger partial charge in [0.2, 0.25) is 5.91 Å². The van der Waals surface area contributed by atoms with Crippen LogP contribution in [0.3, 0.4) is 0 Å². The number of benzene rings is 1. The van der Waals surface area contributed by atoms with Gasteiger partial charge < -0.3 is 16.4 Å². The maximum atomic E-state index is 11.6. The first-order valence-corrected chi connectivity index (χ1v) is 6.50. The number of amides is 2. The molecule has 0 aliphatic rings. The topological polar surface area (TPSA) is 84.2 Å². The molecule has 0 saturated heterocycles. The van der Waals surface area contributed by atoms with Crippen LogP contribution in [0.2, 0.25) is 0 Å². The second-order valence-electron chi connectivity index (χ2n) is 4.36. The van der Waals surface area contributed by atoms with Crippen LogP contribution in [0.1, 0.15) is 37.0 Å². The zero-order valence-electron chi connectivity index (χ0n) is 11.4. The molecule has 0 aromatic heterocycles. The third-order valence-corrected chi connectivity index (χ3v) is 2.74. The van der Waals surface area contributed by atoms with Gasteiger partial charge in [0.1, 0.15) is 0 Å². The van der Waals surface area contributed by atoms with E-state index in [4.69, 9.17) is 5.73 Å². The minimum absolute atomic E-state index is 0.111. The average molecular weight is 263 g/mol. The monoisotopic (exact) mass is 263 g/mol. The Balaban J connectivity index is 2.57. The molecular weight excluding hydrogens is 242 g/mol. The van der Waals surface area contributed by atoms with Gasteiger partial charge in [-0.05, 0) is 37.6 Å². The Bertz CT molecular complexity index is 429. The minimum atomic E-state index is -0.117. The smallest absolute Gasteiger partial charge is 0.251 e. The van der Waals surface area contributed by atoms with Crippen LogP contribution in [0.4, 0.5) is 5.69 Å². The summed E-state index contributed by atoms with van der Waals surface area (Å²) in [7, 11) is 0. The van der Waals surface area contributed by atoms with Crippen molar-refractivity contribution in [1.29, 1.82) is 0 Å². The van der Waals surface area contributed by atoms with Crippen LogP contribution < -0.4 is 16.4 Å². The first kappa shape index (κ1) is 15.2. The van der Waals surface area contributed by atoms with Crippen molar-refractivity contribution in [2.24, 2.45) is 5.73 Å². The second-order valence-corrected chi connectivity index (χ2v) is 4.36. The summed E-state index contributed by atoms with van der Waals surface area (Å²) in [6.45, 7) is 4.40. The Labute approximate surface area is 113 Å². The van der Waals surface area contributed by atoms with Crippen LogP contribution in [-0.2, 0) is 4.79 Å². The molecule has 0 fully saturated rings. The molecule has 2 amide bonds. The number of anilines is 1. The quantitative estimate of drug-likeness (QED) is 0.727. The van der Waals surface area contributed by atoms with E-state index in [0.29, 0.717) is 24.2 Å². The molecule has 0 aliphatic heterocycles. The Morgan fingerprint density at radius 3 is 2.37 bits per heavy atom. The van der Waals surface area contributed by atoms with E-state index in [1.165, 1.54) is 0 Å². The fourth-order valence-corrected chi connectivity index (χ4v) is 1.56. The summed E-state index contributed by atoms with van der Waals surface area (Å²) in [6.07, 6.45) is 1.07. The highest BCUT2D eigenvalue weighted by atomic mass is 16.2. The lowest BCUT2D eigenvalue weighted by atomic mass is 10.1. The lowest BCUT2D eigenvalue weighted by Crippen LogP contribution is -2.26. The highest BCUT2D eigenvalue weighted by Crippen LogP contribution is 2.10. The normalized spacial score (nSPS) is 11.7. The molecule has 0 bridgehead atoms. The summed E-state index contributed by atoms with van der Waals surface area (Å²) in [5, 5.41) is 5.47. The van der Waals surface area contributed by atoms with E-state index in [1.807, 2.05) is 13.8 Å². The summed E-state index contributed by atoms with van der Waals surface area (Å²) in [5.41, 5.74) is 6.95. The third-order valence-electron chi connectivity index (χ3n) is 2.74. The van der Waals surface area contributed by atoms with Gasteiger partial charge in [0.25, 0.3) is 5.91 Å². The molecule has 104 valence electrons. The summed E-state index contributed by atoms with van der Waals surface area (Å²) in [6, 6.07) is 6.66. The van der Waals surface area contributed by atoms with Crippen molar-refractivity contribution in [2.75, 3.05) is 11.9 Å². The van der Waals surface area contributed by atoms with Gasteiger partial charge in [0.05, 0.1) is 0 Å².